The molecule has 0 unspecified atom stereocenters. The highest BCUT2D eigenvalue weighted by molar-refractivity contribution is 5.92. The summed E-state index contributed by atoms with van der Waals surface area (Å²) >= 11 is 0. The molecule has 0 spiro atoms. The van der Waals surface area contributed by atoms with Crippen LogP contribution in [0.4, 0.5) is 4.39 Å². The molecule has 1 aliphatic rings. The zero-order valence-corrected chi connectivity index (χ0v) is 18.5. The number of aliphatic hydroxyl groups excluding tert-OH is 1. The number of hydrogen-bond acceptors (Lipinski definition) is 5. The van der Waals surface area contributed by atoms with Gasteiger partial charge in [0.25, 0.3) is 5.91 Å². The molecule has 1 aromatic heterocycles. The first-order chi connectivity index (χ1) is 16.1. The molecule has 3 atom stereocenters. The maximum atomic E-state index is 13.2. The largest absolute Gasteiger partial charge is 0.464 e. The van der Waals surface area contributed by atoms with E-state index in [-0.39, 0.29) is 42.5 Å². The molecular formula is C26H28FNO5. The highest BCUT2D eigenvalue weighted by Crippen LogP contribution is 2.42. The molecule has 174 valence electrons. The van der Waals surface area contributed by atoms with Crippen molar-refractivity contribution in [1.82, 2.24) is 5.32 Å². The van der Waals surface area contributed by atoms with E-state index < -0.39 is 6.29 Å². The monoisotopic (exact) mass is 453 g/mol. The lowest BCUT2D eigenvalue weighted by Crippen LogP contribution is -2.38. The second-order valence-electron chi connectivity index (χ2n) is 8.02. The van der Waals surface area contributed by atoms with Gasteiger partial charge in [-0.05, 0) is 49.6 Å². The predicted molar refractivity (Wildman–Crippen MR) is 122 cm³/mol. The van der Waals surface area contributed by atoms with Crippen molar-refractivity contribution in [2.24, 2.45) is 5.92 Å². The van der Waals surface area contributed by atoms with Gasteiger partial charge in [0.1, 0.15) is 11.4 Å². The number of rotatable bonds is 9. The number of hydrogen-bond donors (Lipinski definition) is 2. The van der Waals surface area contributed by atoms with Crippen LogP contribution < -0.4 is 5.32 Å². The van der Waals surface area contributed by atoms with E-state index in [0.29, 0.717) is 19.4 Å². The molecule has 1 aliphatic heterocycles. The summed E-state index contributed by atoms with van der Waals surface area (Å²) in [5.74, 6) is -0.829. The van der Waals surface area contributed by atoms with Crippen LogP contribution in [0.15, 0.2) is 71.0 Å². The van der Waals surface area contributed by atoms with Crippen LogP contribution in [0.5, 0.6) is 0 Å². The Labute approximate surface area is 192 Å². The van der Waals surface area contributed by atoms with E-state index in [1.807, 2.05) is 37.3 Å². The smallest absolute Gasteiger partial charge is 0.286 e. The number of amides is 1. The van der Waals surface area contributed by atoms with Gasteiger partial charge in [0, 0.05) is 42.5 Å². The molecule has 0 radical (unpaired) electrons. The summed E-state index contributed by atoms with van der Waals surface area (Å²) < 4.78 is 30.8. The van der Waals surface area contributed by atoms with Crippen molar-refractivity contribution < 1.29 is 28.2 Å². The molecule has 33 heavy (non-hydrogen) atoms. The Morgan fingerprint density at radius 3 is 2.73 bits per heavy atom. The van der Waals surface area contributed by atoms with Gasteiger partial charge in [0.2, 0.25) is 6.29 Å². The summed E-state index contributed by atoms with van der Waals surface area (Å²) in [7, 11) is 0. The standard InChI is InChI=1S/C26H28FNO5/c1-2-31-26-20(7-5-13-29)21(22-16-32-23-8-4-3-6-19(22)23)14-24(33-26)25(30)28-15-17-9-11-18(27)12-10-17/h3-4,6,8-12,14,16,20-21,26,29H,2,5,7,13,15H2,1H3,(H,28,30)/t20-,21-,26+/m1/s1. The average Bonchev–Trinajstić information content (AvgIpc) is 3.26. The van der Waals surface area contributed by atoms with Crippen LogP contribution in [0.25, 0.3) is 11.0 Å². The molecule has 6 nitrogen and oxygen atoms in total. The van der Waals surface area contributed by atoms with Crippen molar-refractivity contribution in [2.75, 3.05) is 13.2 Å². The summed E-state index contributed by atoms with van der Waals surface area (Å²) in [5.41, 5.74) is 2.50. The van der Waals surface area contributed by atoms with Crippen LogP contribution in [0.3, 0.4) is 0 Å². The number of carbonyl (C=O) groups is 1. The van der Waals surface area contributed by atoms with Crippen molar-refractivity contribution in [3.8, 4) is 0 Å². The van der Waals surface area contributed by atoms with E-state index in [0.717, 1.165) is 22.1 Å². The third-order valence-electron chi connectivity index (χ3n) is 5.87. The van der Waals surface area contributed by atoms with E-state index in [4.69, 9.17) is 13.9 Å². The minimum Gasteiger partial charge on any atom is -0.464 e. The average molecular weight is 454 g/mol. The van der Waals surface area contributed by atoms with Gasteiger partial charge >= 0.3 is 0 Å². The quantitative estimate of drug-likeness (QED) is 0.494. The molecule has 4 rings (SSSR count). The Morgan fingerprint density at radius 1 is 1.18 bits per heavy atom. The minimum atomic E-state index is -0.642. The molecule has 0 aliphatic carbocycles. The molecule has 3 aromatic rings. The van der Waals surface area contributed by atoms with Crippen LogP contribution in [0.1, 0.15) is 36.8 Å². The molecule has 7 heteroatoms. The first kappa shape index (κ1) is 23.0. The zero-order chi connectivity index (χ0) is 23.2. The second kappa shape index (κ2) is 10.6. The Hall–Kier alpha value is -3.16. The third kappa shape index (κ3) is 5.26. The fourth-order valence-corrected chi connectivity index (χ4v) is 4.25. The predicted octanol–water partition coefficient (Wildman–Crippen LogP) is 4.64. The number of nitrogens with one attached hydrogen (secondary N) is 1. The van der Waals surface area contributed by atoms with Crippen molar-refractivity contribution in [1.29, 1.82) is 0 Å². The van der Waals surface area contributed by atoms with Gasteiger partial charge in [-0.25, -0.2) is 4.39 Å². The molecule has 0 saturated carbocycles. The Kier molecular flexibility index (Phi) is 7.42. The molecule has 0 saturated heterocycles. The van der Waals surface area contributed by atoms with E-state index in [1.54, 1.807) is 18.4 Å². The van der Waals surface area contributed by atoms with E-state index in [9.17, 15) is 14.3 Å². The van der Waals surface area contributed by atoms with Gasteiger partial charge in [0.15, 0.2) is 5.76 Å². The molecule has 2 heterocycles. The normalized spacial score (nSPS) is 20.3. The number of aliphatic hydroxyl groups is 1. The molecular weight excluding hydrogens is 425 g/mol. The van der Waals surface area contributed by atoms with Crippen LogP contribution in [-0.4, -0.2) is 30.5 Å². The van der Waals surface area contributed by atoms with E-state index in [1.165, 1.54) is 12.1 Å². The first-order valence-electron chi connectivity index (χ1n) is 11.2. The number of fused-ring (bicyclic) bond motifs is 1. The number of allylic oxidation sites excluding steroid dienone is 1. The first-order valence-corrected chi connectivity index (χ1v) is 11.2. The number of furan rings is 1. The van der Waals surface area contributed by atoms with Crippen LogP contribution in [0, 0.1) is 11.7 Å². The van der Waals surface area contributed by atoms with E-state index >= 15 is 0 Å². The molecule has 0 bridgehead atoms. The summed E-state index contributed by atoms with van der Waals surface area (Å²) in [5, 5.41) is 13.2. The van der Waals surface area contributed by atoms with Crippen molar-refractivity contribution in [2.45, 2.75) is 38.5 Å². The van der Waals surface area contributed by atoms with Crippen LogP contribution in [0.2, 0.25) is 0 Å². The fourth-order valence-electron chi connectivity index (χ4n) is 4.25. The molecule has 1 amide bonds. The molecule has 2 aromatic carbocycles. The minimum absolute atomic E-state index is 0.0585. The highest BCUT2D eigenvalue weighted by atomic mass is 19.1. The van der Waals surface area contributed by atoms with Crippen molar-refractivity contribution in [3.63, 3.8) is 0 Å². The fraction of sp³-hybridized carbons (Fsp3) is 0.346. The number of ether oxygens (including phenoxy) is 2. The topological polar surface area (TPSA) is 80.9 Å². The Bertz CT molecular complexity index is 1110. The van der Waals surface area contributed by atoms with E-state index in [2.05, 4.69) is 5.32 Å². The van der Waals surface area contributed by atoms with Gasteiger partial charge in [0.05, 0.1) is 6.26 Å². The lowest BCUT2D eigenvalue weighted by atomic mass is 9.80. The van der Waals surface area contributed by atoms with Gasteiger partial charge in [-0.2, -0.15) is 0 Å². The summed E-state index contributed by atoms with van der Waals surface area (Å²) in [4.78, 5) is 13.0. The Morgan fingerprint density at radius 2 is 1.97 bits per heavy atom. The second-order valence-corrected chi connectivity index (χ2v) is 8.02. The number of halogens is 1. The van der Waals surface area contributed by atoms with Gasteiger partial charge in [-0.15, -0.1) is 0 Å². The molecule has 0 fully saturated rings. The van der Waals surface area contributed by atoms with Gasteiger partial charge < -0.3 is 24.3 Å². The summed E-state index contributed by atoms with van der Waals surface area (Å²) in [6, 6.07) is 13.7. The Balaban J connectivity index is 1.64. The van der Waals surface area contributed by atoms with Crippen LogP contribution in [-0.2, 0) is 20.8 Å². The number of para-hydroxylation sites is 1. The highest BCUT2D eigenvalue weighted by Gasteiger charge is 2.39. The SMILES string of the molecule is CCO[C@H]1OC(C(=O)NCc2ccc(F)cc2)=C[C@@H](c2coc3ccccc23)[C@H]1CCCO. The van der Waals surface area contributed by atoms with Crippen molar-refractivity contribution >= 4 is 16.9 Å². The summed E-state index contributed by atoms with van der Waals surface area (Å²) in [6.07, 6.45) is 4.14. The lowest BCUT2D eigenvalue weighted by molar-refractivity contribution is -0.166. The van der Waals surface area contributed by atoms with Gasteiger partial charge in [-0.1, -0.05) is 30.3 Å². The maximum absolute atomic E-state index is 13.2. The number of benzene rings is 2. The zero-order valence-electron chi connectivity index (χ0n) is 18.5. The summed E-state index contributed by atoms with van der Waals surface area (Å²) in [6.45, 7) is 2.60. The molecule has 2 N–H and O–H groups in total. The maximum Gasteiger partial charge on any atom is 0.286 e. The van der Waals surface area contributed by atoms with Gasteiger partial charge in [-0.3, -0.25) is 4.79 Å². The number of carbonyl (C=O) groups excluding carboxylic acids is 1. The van der Waals surface area contributed by atoms with Crippen LogP contribution >= 0.6 is 0 Å². The lowest BCUT2D eigenvalue weighted by Gasteiger charge is -2.36. The third-order valence-corrected chi connectivity index (χ3v) is 5.87. The van der Waals surface area contributed by atoms with Crippen molar-refractivity contribution in [3.05, 3.63) is 83.6 Å².